The van der Waals surface area contributed by atoms with Gasteiger partial charge in [0.2, 0.25) is 0 Å². The van der Waals surface area contributed by atoms with E-state index in [1.807, 2.05) is 36.8 Å². The van der Waals surface area contributed by atoms with Gasteiger partial charge in [-0.1, -0.05) is 23.5 Å². The molecule has 0 atom stereocenters. The Morgan fingerprint density at radius 1 is 1.08 bits per heavy atom. The number of pyridine rings is 1. The van der Waals surface area contributed by atoms with Crippen molar-refractivity contribution < 1.29 is 13.6 Å². The number of aromatic nitrogens is 3. The zero-order valence-corrected chi connectivity index (χ0v) is 20.8. The van der Waals surface area contributed by atoms with Gasteiger partial charge in [0.1, 0.15) is 23.0 Å². The van der Waals surface area contributed by atoms with E-state index in [4.69, 9.17) is 5.73 Å². The maximum atomic E-state index is 14.8. The van der Waals surface area contributed by atoms with Crippen molar-refractivity contribution in [3.8, 4) is 10.6 Å². The molecule has 1 amide bonds. The minimum Gasteiger partial charge on any atom is -0.397 e. The number of hydrogen-bond donors (Lipinski definition) is 3. The number of amides is 1. The molecule has 8 nitrogen and oxygen atoms in total. The predicted octanol–water partition coefficient (Wildman–Crippen LogP) is 5.38. The summed E-state index contributed by atoms with van der Waals surface area (Å²) in [5.74, 6) is -2.01. The van der Waals surface area contributed by atoms with Crippen molar-refractivity contribution in [1.82, 2.24) is 19.3 Å². The lowest BCUT2D eigenvalue weighted by atomic mass is 10.1. The molecule has 11 heteroatoms. The fourth-order valence-corrected chi connectivity index (χ4v) is 4.73. The highest BCUT2D eigenvalue weighted by Gasteiger charge is 2.16. The normalized spacial score (nSPS) is 11.3. The summed E-state index contributed by atoms with van der Waals surface area (Å²) in [7, 11) is 4.01. The van der Waals surface area contributed by atoms with Gasteiger partial charge < -0.3 is 21.3 Å². The van der Waals surface area contributed by atoms with E-state index in [0.717, 1.165) is 34.4 Å². The molecule has 5 rings (SSSR count). The molecule has 37 heavy (non-hydrogen) atoms. The van der Waals surface area contributed by atoms with E-state index in [9.17, 15) is 13.6 Å². The lowest BCUT2D eigenvalue weighted by Crippen LogP contribution is -2.15. The maximum Gasteiger partial charge on any atom is 0.255 e. The first kappa shape index (κ1) is 24.3. The molecule has 0 aliphatic rings. The molecule has 0 spiro atoms. The fourth-order valence-electron chi connectivity index (χ4n) is 3.90. The summed E-state index contributed by atoms with van der Waals surface area (Å²) in [5, 5.41) is 5.83. The predicted molar refractivity (Wildman–Crippen MR) is 142 cm³/mol. The summed E-state index contributed by atoms with van der Waals surface area (Å²) in [4.78, 5) is 24.4. The van der Waals surface area contributed by atoms with Crippen molar-refractivity contribution in [2.24, 2.45) is 0 Å². The lowest BCUT2D eigenvalue weighted by molar-refractivity contribution is 0.102. The molecule has 0 saturated heterocycles. The molecule has 0 aliphatic carbocycles. The monoisotopic (exact) mass is 519 g/mol. The molecule has 0 aliphatic heterocycles. The van der Waals surface area contributed by atoms with Crippen molar-refractivity contribution >= 4 is 45.1 Å². The van der Waals surface area contributed by atoms with Gasteiger partial charge in [0.25, 0.3) is 5.91 Å². The number of nitrogen functional groups attached to an aromatic ring is 1. The van der Waals surface area contributed by atoms with Crippen molar-refractivity contribution in [2.75, 3.05) is 30.5 Å². The molecule has 0 radical (unpaired) electrons. The lowest BCUT2D eigenvalue weighted by Gasteiger charge is -2.10. The van der Waals surface area contributed by atoms with E-state index >= 15 is 0 Å². The van der Waals surface area contributed by atoms with E-state index in [0.29, 0.717) is 5.13 Å². The van der Waals surface area contributed by atoms with Gasteiger partial charge in [0, 0.05) is 30.1 Å². The topological polar surface area (TPSA) is 101 Å². The Morgan fingerprint density at radius 2 is 1.92 bits per heavy atom. The number of carbonyl (C=O) groups excluding carboxylic acids is 1. The first-order valence-corrected chi connectivity index (χ1v) is 12.1. The van der Waals surface area contributed by atoms with Gasteiger partial charge in [-0.15, -0.1) is 0 Å². The number of nitrogens with zero attached hydrogens (tertiary/aromatic N) is 4. The van der Waals surface area contributed by atoms with Crippen molar-refractivity contribution in [3.63, 3.8) is 0 Å². The average Bonchev–Trinajstić information content (AvgIpc) is 3.50. The van der Waals surface area contributed by atoms with E-state index < -0.39 is 17.5 Å². The molecule has 5 aromatic rings. The zero-order valence-electron chi connectivity index (χ0n) is 20.0. The van der Waals surface area contributed by atoms with Crippen LogP contribution < -0.4 is 16.4 Å². The molecule has 3 heterocycles. The number of hydrogen-bond acceptors (Lipinski definition) is 7. The van der Waals surface area contributed by atoms with Crippen LogP contribution in [-0.2, 0) is 6.54 Å². The number of benzene rings is 2. The van der Waals surface area contributed by atoms with Crippen molar-refractivity contribution in [2.45, 2.75) is 6.54 Å². The van der Waals surface area contributed by atoms with Crippen LogP contribution >= 0.6 is 11.3 Å². The largest absolute Gasteiger partial charge is 0.397 e. The Morgan fingerprint density at radius 3 is 2.68 bits per heavy atom. The number of nitrogens with two attached hydrogens (primary N) is 1. The third-order valence-electron chi connectivity index (χ3n) is 5.62. The van der Waals surface area contributed by atoms with Gasteiger partial charge in [0.15, 0.2) is 5.13 Å². The van der Waals surface area contributed by atoms with E-state index in [2.05, 4.69) is 25.5 Å². The number of carbonyl (C=O) groups is 1. The highest BCUT2D eigenvalue weighted by Crippen LogP contribution is 2.32. The smallest absolute Gasteiger partial charge is 0.255 e. The number of thiazole rings is 1. The van der Waals surface area contributed by atoms with E-state index in [1.165, 1.54) is 41.7 Å². The standard InChI is InChI=1S/C26H23F2N7OS/c1-34(2)14-16-5-4-10-35-21(12-30-24(16)35)22-13-31-26(37-22)32-20-9-8-15(11-18(20)28)25(36)33-23-17(27)6-3-7-19(23)29/h3-13H,14,29H2,1-2H3,(H,31,32)(H,33,36). The number of nitrogens with one attached hydrogen (secondary N) is 2. The Balaban J connectivity index is 1.34. The van der Waals surface area contributed by atoms with Gasteiger partial charge in [-0.05, 0) is 50.5 Å². The summed E-state index contributed by atoms with van der Waals surface area (Å²) in [6.45, 7) is 0.761. The summed E-state index contributed by atoms with van der Waals surface area (Å²) in [6.07, 6.45) is 5.44. The molecule has 3 aromatic heterocycles. The van der Waals surface area contributed by atoms with Crippen LogP contribution in [0.15, 0.2) is 67.1 Å². The second-order valence-electron chi connectivity index (χ2n) is 8.62. The minimum atomic E-state index is -0.681. The van der Waals surface area contributed by atoms with Crippen LogP contribution in [0.1, 0.15) is 15.9 Å². The minimum absolute atomic E-state index is 0.0183. The van der Waals surface area contributed by atoms with Gasteiger partial charge >= 0.3 is 0 Å². The van der Waals surface area contributed by atoms with Crippen LogP contribution in [0.3, 0.4) is 0 Å². The van der Waals surface area contributed by atoms with Crippen LogP contribution in [-0.4, -0.2) is 39.3 Å². The molecular formula is C26H23F2N7OS. The zero-order chi connectivity index (χ0) is 26.1. The van der Waals surface area contributed by atoms with Crippen LogP contribution in [0.5, 0.6) is 0 Å². The quantitative estimate of drug-likeness (QED) is 0.250. The molecule has 0 unspecified atom stereocenters. The molecule has 2 aromatic carbocycles. The maximum absolute atomic E-state index is 14.8. The number of anilines is 4. The summed E-state index contributed by atoms with van der Waals surface area (Å²) >= 11 is 1.35. The summed E-state index contributed by atoms with van der Waals surface area (Å²) in [5.41, 5.74) is 8.67. The number of halogens is 2. The third kappa shape index (κ3) is 4.99. The van der Waals surface area contributed by atoms with Crippen LogP contribution in [0.25, 0.3) is 16.2 Å². The number of fused-ring (bicyclic) bond motifs is 1. The van der Waals surface area contributed by atoms with Crippen molar-refractivity contribution in [3.05, 3.63) is 89.9 Å². The second kappa shape index (κ2) is 9.96. The molecule has 0 saturated carbocycles. The van der Waals surface area contributed by atoms with E-state index in [-0.39, 0.29) is 22.6 Å². The summed E-state index contributed by atoms with van der Waals surface area (Å²) in [6, 6.07) is 12.0. The Kier molecular flexibility index (Phi) is 6.55. The van der Waals surface area contributed by atoms with Crippen LogP contribution in [0, 0.1) is 11.6 Å². The first-order valence-electron chi connectivity index (χ1n) is 11.3. The number of para-hydroxylation sites is 1. The number of imidazole rings is 1. The molecule has 0 fully saturated rings. The Bertz CT molecular complexity index is 1590. The summed E-state index contributed by atoms with van der Waals surface area (Å²) < 4.78 is 30.8. The fraction of sp³-hybridized carbons (Fsp3) is 0.115. The van der Waals surface area contributed by atoms with Crippen LogP contribution in [0.4, 0.5) is 31.0 Å². The van der Waals surface area contributed by atoms with Crippen molar-refractivity contribution in [1.29, 1.82) is 0 Å². The molecule has 0 bridgehead atoms. The SMILES string of the molecule is CN(C)Cc1cccn2c(-c3cnc(Nc4ccc(C(=O)Nc5c(N)cccc5F)cc4F)s3)cnc12. The molecular weight excluding hydrogens is 496 g/mol. The highest BCUT2D eigenvalue weighted by molar-refractivity contribution is 7.18. The molecule has 4 N–H and O–H groups in total. The number of rotatable bonds is 7. The third-order valence-corrected chi connectivity index (χ3v) is 6.55. The Labute approximate surface area is 215 Å². The second-order valence-corrected chi connectivity index (χ2v) is 9.65. The molecule has 188 valence electrons. The first-order chi connectivity index (χ1) is 17.8. The van der Waals surface area contributed by atoms with E-state index in [1.54, 1.807) is 12.4 Å². The highest BCUT2D eigenvalue weighted by atomic mass is 32.1. The van der Waals surface area contributed by atoms with Gasteiger partial charge in [0.05, 0.1) is 28.1 Å². The van der Waals surface area contributed by atoms with Gasteiger partial charge in [-0.3, -0.25) is 9.20 Å². The Hall–Kier alpha value is -4.35. The van der Waals surface area contributed by atoms with Crippen LogP contribution in [0.2, 0.25) is 0 Å². The van der Waals surface area contributed by atoms with Gasteiger partial charge in [-0.25, -0.2) is 18.7 Å². The van der Waals surface area contributed by atoms with Gasteiger partial charge in [-0.2, -0.15) is 0 Å². The average molecular weight is 520 g/mol.